The van der Waals surface area contributed by atoms with Gasteiger partial charge in [-0.2, -0.15) is 0 Å². The standard InChI is InChI=1S/C29H29FN6O4/c1-38-22-10-11-26-20(14-22)15-25(29(37)31-26)27(28-32-33-34-36(28)18-24-5-3-13-40-24)35(17-23-4-2-12-39-23)16-19-6-8-21(30)9-7-19/h2,4,6-12,14-15,24,27H,3,5,13,16-18H2,1H3,(H,31,37)/t24-,27+/m0/s1. The maximum Gasteiger partial charge on any atom is 0.253 e. The fourth-order valence-corrected chi connectivity index (χ4v) is 5.21. The van der Waals surface area contributed by atoms with Crippen LogP contribution in [0.5, 0.6) is 5.75 Å². The first-order valence-corrected chi connectivity index (χ1v) is 13.2. The average Bonchev–Trinajstić information content (AvgIpc) is 3.75. The first-order valence-electron chi connectivity index (χ1n) is 13.2. The van der Waals surface area contributed by atoms with E-state index in [1.54, 1.807) is 36.3 Å². The predicted molar refractivity (Wildman–Crippen MR) is 144 cm³/mol. The summed E-state index contributed by atoms with van der Waals surface area (Å²) in [5.74, 6) is 1.54. The second kappa shape index (κ2) is 11.4. The van der Waals surface area contributed by atoms with E-state index in [1.165, 1.54) is 12.1 Å². The molecule has 5 aromatic rings. The molecule has 0 radical (unpaired) electrons. The van der Waals surface area contributed by atoms with Gasteiger partial charge in [-0.15, -0.1) is 5.10 Å². The Kier molecular flexibility index (Phi) is 7.39. The number of rotatable bonds is 10. The highest BCUT2D eigenvalue weighted by atomic mass is 19.1. The lowest BCUT2D eigenvalue weighted by molar-refractivity contribution is 0.0901. The van der Waals surface area contributed by atoms with Crippen LogP contribution in [0.4, 0.5) is 4.39 Å². The van der Waals surface area contributed by atoms with Crippen LogP contribution in [0.25, 0.3) is 10.9 Å². The van der Waals surface area contributed by atoms with Crippen LogP contribution in [0.15, 0.2) is 76.1 Å². The van der Waals surface area contributed by atoms with Crippen LogP contribution in [0.1, 0.15) is 41.6 Å². The van der Waals surface area contributed by atoms with Gasteiger partial charge in [-0.05, 0) is 77.4 Å². The summed E-state index contributed by atoms with van der Waals surface area (Å²) >= 11 is 0. The number of hydrogen-bond donors (Lipinski definition) is 1. The fraction of sp³-hybridized carbons (Fsp3) is 0.310. The van der Waals surface area contributed by atoms with E-state index in [4.69, 9.17) is 13.9 Å². The van der Waals surface area contributed by atoms with E-state index in [-0.39, 0.29) is 17.5 Å². The lowest BCUT2D eigenvalue weighted by atomic mass is 10.0. The Morgan fingerprint density at radius 2 is 2.05 bits per heavy atom. The molecule has 11 heteroatoms. The summed E-state index contributed by atoms with van der Waals surface area (Å²) in [5, 5.41) is 13.5. The fourth-order valence-electron chi connectivity index (χ4n) is 5.21. The number of H-pyrrole nitrogens is 1. The van der Waals surface area contributed by atoms with Gasteiger partial charge >= 0.3 is 0 Å². The molecule has 1 fully saturated rings. The van der Waals surface area contributed by atoms with Crippen LogP contribution in [0, 0.1) is 5.82 Å². The van der Waals surface area contributed by atoms with E-state index in [1.807, 2.05) is 30.3 Å². The highest BCUT2D eigenvalue weighted by Crippen LogP contribution is 2.31. The van der Waals surface area contributed by atoms with Gasteiger partial charge in [-0.3, -0.25) is 9.69 Å². The molecule has 206 valence electrons. The molecular formula is C29H29FN6O4. The summed E-state index contributed by atoms with van der Waals surface area (Å²) in [7, 11) is 1.60. The van der Waals surface area contributed by atoms with Crippen LogP contribution in [0.3, 0.4) is 0 Å². The third-order valence-electron chi connectivity index (χ3n) is 7.18. The van der Waals surface area contributed by atoms with Crippen molar-refractivity contribution in [3.63, 3.8) is 0 Å². The average molecular weight is 545 g/mol. The summed E-state index contributed by atoms with van der Waals surface area (Å²) in [6, 6.07) is 16.7. The number of tetrazole rings is 1. The van der Waals surface area contributed by atoms with E-state index in [0.29, 0.717) is 54.7 Å². The van der Waals surface area contributed by atoms with E-state index in [2.05, 4.69) is 25.4 Å². The van der Waals surface area contributed by atoms with Crippen molar-refractivity contribution in [1.29, 1.82) is 0 Å². The zero-order chi connectivity index (χ0) is 27.5. The lowest BCUT2D eigenvalue weighted by Crippen LogP contribution is -2.35. The molecule has 0 amide bonds. The molecule has 0 spiro atoms. The Balaban J connectivity index is 1.50. The Morgan fingerprint density at radius 1 is 1.18 bits per heavy atom. The lowest BCUT2D eigenvalue weighted by Gasteiger charge is -2.30. The van der Waals surface area contributed by atoms with Crippen molar-refractivity contribution in [2.24, 2.45) is 0 Å². The number of ether oxygens (including phenoxy) is 2. The summed E-state index contributed by atoms with van der Waals surface area (Å²) in [6.45, 7) is 1.88. The smallest absolute Gasteiger partial charge is 0.253 e. The van der Waals surface area contributed by atoms with Crippen molar-refractivity contribution in [2.75, 3.05) is 13.7 Å². The highest BCUT2D eigenvalue weighted by molar-refractivity contribution is 5.80. The summed E-state index contributed by atoms with van der Waals surface area (Å²) in [4.78, 5) is 18.8. The van der Waals surface area contributed by atoms with Gasteiger partial charge in [-0.25, -0.2) is 9.07 Å². The number of methoxy groups -OCH3 is 1. The van der Waals surface area contributed by atoms with Gasteiger partial charge in [0, 0.05) is 29.6 Å². The third kappa shape index (κ3) is 5.51. The number of hydrogen-bond acceptors (Lipinski definition) is 8. The predicted octanol–water partition coefficient (Wildman–Crippen LogP) is 4.23. The number of benzene rings is 2. The van der Waals surface area contributed by atoms with Crippen LogP contribution in [0.2, 0.25) is 0 Å². The maximum atomic E-state index is 13.8. The van der Waals surface area contributed by atoms with Crippen molar-refractivity contribution >= 4 is 10.9 Å². The summed E-state index contributed by atoms with van der Waals surface area (Å²) < 4.78 is 32.5. The number of nitrogens with zero attached hydrogens (tertiary/aromatic N) is 5. The van der Waals surface area contributed by atoms with E-state index >= 15 is 0 Å². The largest absolute Gasteiger partial charge is 0.497 e. The van der Waals surface area contributed by atoms with Gasteiger partial charge in [-0.1, -0.05) is 12.1 Å². The summed E-state index contributed by atoms with van der Waals surface area (Å²) in [5.41, 5.74) is 1.73. The van der Waals surface area contributed by atoms with Crippen molar-refractivity contribution in [3.05, 3.63) is 106 Å². The molecule has 0 unspecified atom stereocenters. The molecule has 3 aromatic heterocycles. The molecule has 6 rings (SSSR count). The molecule has 2 aromatic carbocycles. The van der Waals surface area contributed by atoms with E-state index in [9.17, 15) is 9.18 Å². The van der Waals surface area contributed by atoms with Gasteiger partial charge in [0.05, 0.1) is 32.6 Å². The molecule has 1 N–H and O–H groups in total. The van der Waals surface area contributed by atoms with Crippen LogP contribution < -0.4 is 10.3 Å². The molecule has 10 nitrogen and oxygen atoms in total. The number of pyridine rings is 1. The number of fused-ring (bicyclic) bond motifs is 1. The Morgan fingerprint density at radius 3 is 2.80 bits per heavy atom. The quantitative estimate of drug-likeness (QED) is 0.278. The van der Waals surface area contributed by atoms with Crippen LogP contribution in [-0.2, 0) is 24.4 Å². The number of nitrogens with one attached hydrogen (secondary N) is 1. The minimum atomic E-state index is -0.675. The van der Waals surface area contributed by atoms with Crippen molar-refractivity contribution in [3.8, 4) is 5.75 Å². The van der Waals surface area contributed by atoms with E-state index in [0.717, 1.165) is 23.8 Å². The van der Waals surface area contributed by atoms with Gasteiger partial charge in [0.2, 0.25) is 0 Å². The first kappa shape index (κ1) is 25.9. The minimum absolute atomic E-state index is 0.0160. The maximum absolute atomic E-state index is 13.8. The Bertz CT molecular complexity index is 1630. The zero-order valence-electron chi connectivity index (χ0n) is 22.0. The molecule has 1 aliphatic heterocycles. The highest BCUT2D eigenvalue weighted by Gasteiger charge is 2.32. The van der Waals surface area contributed by atoms with E-state index < -0.39 is 6.04 Å². The number of halogens is 1. The van der Waals surface area contributed by atoms with Gasteiger partial charge < -0.3 is 18.9 Å². The topological polar surface area (TPSA) is 111 Å². The second-order valence-corrected chi connectivity index (χ2v) is 9.87. The number of aromatic nitrogens is 5. The first-order chi connectivity index (χ1) is 19.6. The molecule has 0 aliphatic carbocycles. The molecule has 1 saturated heterocycles. The second-order valence-electron chi connectivity index (χ2n) is 9.87. The van der Waals surface area contributed by atoms with Crippen LogP contribution in [-0.4, -0.2) is 49.9 Å². The minimum Gasteiger partial charge on any atom is -0.497 e. The molecule has 0 bridgehead atoms. The normalized spacial score (nSPS) is 16.1. The summed E-state index contributed by atoms with van der Waals surface area (Å²) in [6.07, 6.45) is 3.48. The Labute approximate surface area is 229 Å². The Hall–Kier alpha value is -4.35. The molecule has 1 aliphatic rings. The van der Waals surface area contributed by atoms with Crippen molar-refractivity contribution in [1.82, 2.24) is 30.1 Å². The van der Waals surface area contributed by atoms with Crippen molar-refractivity contribution < 1.29 is 18.3 Å². The monoisotopic (exact) mass is 544 g/mol. The zero-order valence-corrected chi connectivity index (χ0v) is 22.0. The molecule has 4 heterocycles. The van der Waals surface area contributed by atoms with Crippen LogP contribution >= 0.6 is 0 Å². The van der Waals surface area contributed by atoms with Gasteiger partial charge in [0.15, 0.2) is 5.82 Å². The molecular weight excluding hydrogens is 515 g/mol. The molecule has 2 atom stereocenters. The SMILES string of the molecule is COc1ccc2[nH]c(=O)c([C@H](c3nnnn3C[C@@H]3CCCO3)N(Cc3ccc(F)cc3)Cc3ccco3)cc2c1. The number of aromatic amines is 1. The van der Waals surface area contributed by atoms with Crippen molar-refractivity contribution in [2.45, 2.75) is 44.6 Å². The van der Waals surface area contributed by atoms with Gasteiger partial charge in [0.25, 0.3) is 5.56 Å². The molecule has 0 saturated carbocycles. The third-order valence-corrected chi connectivity index (χ3v) is 7.18. The number of furan rings is 1. The molecule has 40 heavy (non-hydrogen) atoms. The van der Waals surface area contributed by atoms with Gasteiger partial charge in [0.1, 0.15) is 23.4 Å².